The molecular formula is C28H22O4. The zero-order valence-corrected chi connectivity index (χ0v) is 17.9. The van der Waals surface area contributed by atoms with Gasteiger partial charge in [0.15, 0.2) is 0 Å². The van der Waals surface area contributed by atoms with Crippen molar-refractivity contribution >= 4 is 11.9 Å². The molecular weight excluding hydrogens is 400 g/mol. The molecule has 0 N–H and O–H groups in total. The van der Waals surface area contributed by atoms with E-state index in [0.717, 1.165) is 33.4 Å². The van der Waals surface area contributed by atoms with E-state index in [1.54, 1.807) is 12.1 Å². The first kappa shape index (κ1) is 21.1. The molecule has 4 rings (SSSR count). The molecule has 0 fully saturated rings. The maximum absolute atomic E-state index is 11.6. The standard InChI is InChI=1S/C28H22O4/c1-19(29)31-27-15-13-23(17-25(27)21-9-5-3-6-10-21)24-14-16-28(32-20(2)30)26(18-24)22-11-7-4-8-12-22/h3-18H,1-2H3. The van der Waals surface area contributed by atoms with Crippen LogP contribution in [0.3, 0.4) is 0 Å². The Kier molecular flexibility index (Phi) is 6.13. The lowest BCUT2D eigenvalue weighted by Gasteiger charge is -2.14. The van der Waals surface area contributed by atoms with Gasteiger partial charge in [-0.15, -0.1) is 0 Å². The first-order valence-electron chi connectivity index (χ1n) is 10.3. The fourth-order valence-corrected chi connectivity index (χ4v) is 3.59. The zero-order chi connectivity index (χ0) is 22.5. The largest absolute Gasteiger partial charge is 0.426 e. The van der Waals surface area contributed by atoms with Gasteiger partial charge in [-0.3, -0.25) is 9.59 Å². The van der Waals surface area contributed by atoms with Gasteiger partial charge in [0.1, 0.15) is 11.5 Å². The Morgan fingerprint density at radius 2 is 0.875 bits per heavy atom. The van der Waals surface area contributed by atoms with E-state index in [0.29, 0.717) is 11.5 Å². The highest BCUT2D eigenvalue weighted by Crippen LogP contribution is 2.38. The number of carbonyl (C=O) groups is 2. The van der Waals surface area contributed by atoms with Crippen molar-refractivity contribution in [2.45, 2.75) is 13.8 Å². The minimum Gasteiger partial charge on any atom is -0.426 e. The van der Waals surface area contributed by atoms with Crippen LogP contribution < -0.4 is 9.47 Å². The second kappa shape index (κ2) is 9.31. The van der Waals surface area contributed by atoms with Gasteiger partial charge in [0.2, 0.25) is 0 Å². The van der Waals surface area contributed by atoms with E-state index in [-0.39, 0.29) is 11.9 Å². The van der Waals surface area contributed by atoms with Crippen molar-refractivity contribution in [2.75, 3.05) is 0 Å². The van der Waals surface area contributed by atoms with Gasteiger partial charge in [-0.25, -0.2) is 0 Å². The Labute approximate surface area is 187 Å². The van der Waals surface area contributed by atoms with Gasteiger partial charge >= 0.3 is 11.9 Å². The molecule has 0 atom stereocenters. The molecule has 0 aromatic heterocycles. The van der Waals surface area contributed by atoms with E-state index in [9.17, 15) is 9.59 Å². The summed E-state index contributed by atoms with van der Waals surface area (Å²) in [5.41, 5.74) is 5.45. The van der Waals surface area contributed by atoms with Crippen molar-refractivity contribution in [1.82, 2.24) is 0 Å². The van der Waals surface area contributed by atoms with Gasteiger partial charge < -0.3 is 9.47 Å². The third-order valence-corrected chi connectivity index (χ3v) is 4.97. The lowest BCUT2D eigenvalue weighted by Crippen LogP contribution is -2.03. The maximum Gasteiger partial charge on any atom is 0.308 e. The summed E-state index contributed by atoms with van der Waals surface area (Å²) in [7, 11) is 0. The van der Waals surface area contributed by atoms with Gasteiger partial charge in [0.25, 0.3) is 0 Å². The summed E-state index contributed by atoms with van der Waals surface area (Å²) in [6.07, 6.45) is 0. The van der Waals surface area contributed by atoms with E-state index in [1.165, 1.54) is 13.8 Å². The Bertz CT molecular complexity index is 1160. The summed E-state index contributed by atoms with van der Waals surface area (Å²) in [6, 6.07) is 31.0. The molecule has 0 aliphatic rings. The first-order valence-corrected chi connectivity index (χ1v) is 10.3. The molecule has 0 unspecified atom stereocenters. The van der Waals surface area contributed by atoms with Crippen LogP contribution in [0.4, 0.5) is 0 Å². The molecule has 32 heavy (non-hydrogen) atoms. The van der Waals surface area contributed by atoms with Crippen LogP contribution in [0.2, 0.25) is 0 Å². The smallest absolute Gasteiger partial charge is 0.308 e. The maximum atomic E-state index is 11.6. The normalized spacial score (nSPS) is 10.4. The van der Waals surface area contributed by atoms with Crippen molar-refractivity contribution in [3.05, 3.63) is 97.1 Å². The summed E-state index contributed by atoms with van der Waals surface area (Å²) in [6.45, 7) is 2.78. The number of benzene rings is 4. The van der Waals surface area contributed by atoms with E-state index < -0.39 is 0 Å². The molecule has 0 aliphatic heterocycles. The number of hydrogen-bond acceptors (Lipinski definition) is 4. The summed E-state index contributed by atoms with van der Waals surface area (Å²) >= 11 is 0. The van der Waals surface area contributed by atoms with Crippen molar-refractivity contribution in [3.8, 4) is 44.9 Å². The van der Waals surface area contributed by atoms with Crippen molar-refractivity contribution in [3.63, 3.8) is 0 Å². The SMILES string of the molecule is CC(=O)Oc1ccc(-c2ccc(OC(C)=O)c(-c3ccccc3)c2)cc1-c1ccccc1. The molecule has 0 amide bonds. The van der Waals surface area contributed by atoms with Gasteiger partial charge in [0, 0.05) is 25.0 Å². The van der Waals surface area contributed by atoms with Gasteiger partial charge in [0.05, 0.1) is 0 Å². The summed E-state index contributed by atoms with van der Waals surface area (Å²) in [5, 5.41) is 0. The van der Waals surface area contributed by atoms with Crippen LogP contribution in [0.15, 0.2) is 97.1 Å². The van der Waals surface area contributed by atoms with Crippen LogP contribution in [0.1, 0.15) is 13.8 Å². The van der Waals surface area contributed by atoms with Gasteiger partial charge in [-0.1, -0.05) is 72.8 Å². The zero-order valence-electron chi connectivity index (χ0n) is 17.9. The van der Waals surface area contributed by atoms with Crippen molar-refractivity contribution in [1.29, 1.82) is 0 Å². The molecule has 4 aromatic rings. The number of ether oxygens (including phenoxy) is 2. The molecule has 4 aromatic carbocycles. The molecule has 4 nitrogen and oxygen atoms in total. The van der Waals surface area contributed by atoms with Crippen LogP contribution >= 0.6 is 0 Å². The monoisotopic (exact) mass is 422 g/mol. The van der Waals surface area contributed by atoms with Crippen molar-refractivity contribution < 1.29 is 19.1 Å². The number of rotatable bonds is 5. The van der Waals surface area contributed by atoms with Gasteiger partial charge in [-0.05, 0) is 46.5 Å². The highest BCUT2D eigenvalue weighted by Gasteiger charge is 2.14. The summed E-state index contributed by atoms with van der Waals surface area (Å²) < 4.78 is 10.9. The van der Waals surface area contributed by atoms with Crippen LogP contribution in [0.25, 0.3) is 33.4 Å². The Hall–Kier alpha value is -4.18. The molecule has 0 aliphatic carbocycles. The average Bonchev–Trinajstić information content (AvgIpc) is 2.80. The van der Waals surface area contributed by atoms with Crippen LogP contribution in [0.5, 0.6) is 11.5 Å². The number of esters is 2. The Morgan fingerprint density at radius 1 is 0.500 bits per heavy atom. The second-order valence-electron chi connectivity index (χ2n) is 7.34. The average molecular weight is 422 g/mol. The lowest BCUT2D eigenvalue weighted by molar-refractivity contribution is -0.132. The van der Waals surface area contributed by atoms with Crippen LogP contribution in [-0.4, -0.2) is 11.9 Å². The lowest BCUT2D eigenvalue weighted by atomic mass is 9.95. The predicted molar refractivity (Wildman–Crippen MR) is 125 cm³/mol. The topological polar surface area (TPSA) is 52.6 Å². The second-order valence-corrected chi connectivity index (χ2v) is 7.34. The molecule has 0 spiro atoms. The third-order valence-electron chi connectivity index (χ3n) is 4.97. The number of carbonyl (C=O) groups excluding carboxylic acids is 2. The Morgan fingerprint density at radius 3 is 1.22 bits per heavy atom. The molecule has 0 radical (unpaired) electrons. The molecule has 4 heteroatoms. The van der Waals surface area contributed by atoms with E-state index in [2.05, 4.69) is 0 Å². The highest BCUT2D eigenvalue weighted by atomic mass is 16.5. The molecule has 0 saturated carbocycles. The minimum absolute atomic E-state index is 0.368. The molecule has 0 saturated heterocycles. The van der Waals surface area contributed by atoms with Gasteiger partial charge in [-0.2, -0.15) is 0 Å². The minimum atomic E-state index is -0.368. The van der Waals surface area contributed by atoms with Crippen LogP contribution in [-0.2, 0) is 9.59 Å². The quantitative estimate of drug-likeness (QED) is 0.271. The highest BCUT2D eigenvalue weighted by molar-refractivity contribution is 5.84. The first-order chi connectivity index (χ1) is 15.5. The summed E-state index contributed by atoms with van der Waals surface area (Å²) in [4.78, 5) is 23.2. The Balaban J connectivity index is 1.84. The molecule has 0 bridgehead atoms. The van der Waals surface area contributed by atoms with Crippen molar-refractivity contribution in [2.24, 2.45) is 0 Å². The molecule has 0 heterocycles. The fourth-order valence-electron chi connectivity index (χ4n) is 3.59. The van der Waals surface area contributed by atoms with E-state index in [4.69, 9.17) is 9.47 Å². The van der Waals surface area contributed by atoms with Crippen LogP contribution in [0, 0.1) is 0 Å². The number of hydrogen-bond donors (Lipinski definition) is 0. The fraction of sp³-hybridized carbons (Fsp3) is 0.0714. The summed E-state index contributed by atoms with van der Waals surface area (Å²) in [5.74, 6) is 0.276. The van der Waals surface area contributed by atoms with E-state index in [1.807, 2.05) is 84.9 Å². The van der Waals surface area contributed by atoms with E-state index >= 15 is 0 Å². The molecule has 158 valence electrons. The predicted octanol–water partition coefficient (Wildman–Crippen LogP) is 6.54. The third kappa shape index (κ3) is 4.76.